The third-order valence-corrected chi connectivity index (χ3v) is 3.84. The number of carbonyl (C=O) groups is 1. The molecule has 0 aliphatic rings. The zero-order chi connectivity index (χ0) is 14.5. The molecule has 19 heavy (non-hydrogen) atoms. The Morgan fingerprint density at radius 3 is 2.58 bits per heavy atom. The van der Waals surface area contributed by atoms with Crippen molar-refractivity contribution < 1.29 is 13.2 Å². The molecule has 5 nitrogen and oxygen atoms in total. The van der Waals surface area contributed by atoms with Crippen LogP contribution in [0.4, 0.5) is 5.69 Å². The lowest BCUT2D eigenvalue weighted by atomic mass is 10.2. The minimum atomic E-state index is -3.36. The van der Waals surface area contributed by atoms with E-state index in [1.165, 1.54) is 4.31 Å². The number of amides is 1. The molecular formula is C13H20N2O3S. The summed E-state index contributed by atoms with van der Waals surface area (Å²) in [4.78, 5) is 11.2. The van der Waals surface area contributed by atoms with Gasteiger partial charge >= 0.3 is 0 Å². The first-order valence-electron chi connectivity index (χ1n) is 6.15. The lowest BCUT2D eigenvalue weighted by molar-refractivity contribution is -0.120. The molecule has 0 atom stereocenters. The fourth-order valence-corrected chi connectivity index (χ4v) is 2.61. The van der Waals surface area contributed by atoms with E-state index >= 15 is 0 Å². The van der Waals surface area contributed by atoms with Gasteiger partial charge in [-0.3, -0.25) is 9.10 Å². The average molecular weight is 284 g/mol. The van der Waals surface area contributed by atoms with Crippen LogP contribution in [0.15, 0.2) is 24.3 Å². The summed E-state index contributed by atoms with van der Waals surface area (Å²) in [6, 6.07) is 7.27. The molecule has 0 radical (unpaired) electrons. The Kier molecular flexibility index (Phi) is 5.35. The highest BCUT2D eigenvalue weighted by Crippen LogP contribution is 2.18. The molecule has 1 N–H and O–H groups in total. The molecule has 0 aliphatic carbocycles. The molecule has 0 heterocycles. The first-order chi connectivity index (χ1) is 8.84. The highest BCUT2D eigenvalue weighted by atomic mass is 32.2. The van der Waals surface area contributed by atoms with Crippen molar-refractivity contribution in [2.45, 2.75) is 20.3 Å². The van der Waals surface area contributed by atoms with Crippen LogP contribution in [0.3, 0.4) is 0 Å². The van der Waals surface area contributed by atoms with E-state index in [2.05, 4.69) is 5.32 Å². The summed E-state index contributed by atoms with van der Waals surface area (Å²) in [6.45, 7) is 4.19. The Morgan fingerprint density at radius 2 is 2.05 bits per heavy atom. The van der Waals surface area contributed by atoms with Gasteiger partial charge in [-0.1, -0.05) is 19.1 Å². The monoisotopic (exact) mass is 284 g/mol. The van der Waals surface area contributed by atoms with Crippen molar-refractivity contribution in [3.8, 4) is 0 Å². The Labute approximate surface area is 114 Å². The second-order valence-corrected chi connectivity index (χ2v) is 6.28. The van der Waals surface area contributed by atoms with E-state index < -0.39 is 10.0 Å². The van der Waals surface area contributed by atoms with Gasteiger partial charge in [-0.15, -0.1) is 0 Å². The minimum absolute atomic E-state index is 0.0855. The van der Waals surface area contributed by atoms with Crippen LogP contribution in [-0.2, 0) is 14.8 Å². The summed E-state index contributed by atoms with van der Waals surface area (Å²) >= 11 is 0. The molecule has 1 rings (SSSR count). The van der Waals surface area contributed by atoms with E-state index in [0.29, 0.717) is 18.7 Å². The van der Waals surface area contributed by atoms with E-state index in [1.807, 2.05) is 25.1 Å². The molecule has 106 valence electrons. The number of rotatable bonds is 6. The standard InChI is InChI=1S/C13H20N2O3S/c1-4-13(16)14-8-9-15(19(3,17)18)12-7-5-6-11(2)10-12/h5-7,10H,4,8-9H2,1-3H3,(H,14,16). The van der Waals surface area contributed by atoms with Crippen LogP contribution in [0.1, 0.15) is 18.9 Å². The van der Waals surface area contributed by atoms with Crippen LogP contribution < -0.4 is 9.62 Å². The van der Waals surface area contributed by atoms with Crippen LogP contribution in [0, 0.1) is 6.92 Å². The fraction of sp³-hybridized carbons (Fsp3) is 0.462. The Morgan fingerprint density at radius 1 is 1.37 bits per heavy atom. The molecule has 1 amide bonds. The first-order valence-corrected chi connectivity index (χ1v) is 8.00. The quantitative estimate of drug-likeness (QED) is 0.856. The minimum Gasteiger partial charge on any atom is -0.354 e. The van der Waals surface area contributed by atoms with Gasteiger partial charge in [0.05, 0.1) is 18.5 Å². The molecule has 1 aromatic carbocycles. The lowest BCUT2D eigenvalue weighted by Gasteiger charge is -2.22. The van der Waals surface area contributed by atoms with Crippen molar-refractivity contribution in [2.75, 3.05) is 23.7 Å². The molecule has 0 saturated heterocycles. The number of nitrogens with one attached hydrogen (secondary N) is 1. The number of hydrogen-bond acceptors (Lipinski definition) is 3. The van der Waals surface area contributed by atoms with E-state index in [0.717, 1.165) is 11.8 Å². The van der Waals surface area contributed by atoms with Gasteiger partial charge in [-0.25, -0.2) is 8.42 Å². The molecule has 0 spiro atoms. The third-order valence-electron chi connectivity index (χ3n) is 2.65. The van der Waals surface area contributed by atoms with E-state index in [4.69, 9.17) is 0 Å². The van der Waals surface area contributed by atoms with Crippen LogP contribution in [0.5, 0.6) is 0 Å². The Balaban J connectivity index is 2.83. The molecular weight excluding hydrogens is 264 g/mol. The molecule has 0 saturated carbocycles. The number of hydrogen-bond donors (Lipinski definition) is 1. The molecule has 0 bridgehead atoms. The predicted octanol–water partition coefficient (Wildman–Crippen LogP) is 1.29. The van der Waals surface area contributed by atoms with Crippen LogP contribution in [0.25, 0.3) is 0 Å². The normalized spacial score (nSPS) is 11.1. The van der Waals surface area contributed by atoms with Crippen molar-refractivity contribution >= 4 is 21.6 Å². The molecule has 0 fully saturated rings. The van der Waals surface area contributed by atoms with Crippen LogP contribution >= 0.6 is 0 Å². The summed E-state index contributed by atoms with van der Waals surface area (Å²) in [5.74, 6) is -0.0855. The highest BCUT2D eigenvalue weighted by molar-refractivity contribution is 7.92. The highest BCUT2D eigenvalue weighted by Gasteiger charge is 2.17. The number of carbonyl (C=O) groups excluding carboxylic acids is 1. The maximum atomic E-state index is 11.8. The number of nitrogens with zero attached hydrogens (tertiary/aromatic N) is 1. The van der Waals surface area contributed by atoms with Gasteiger partial charge in [-0.2, -0.15) is 0 Å². The second kappa shape index (κ2) is 6.56. The van der Waals surface area contributed by atoms with Gasteiger partial charge in [0.1, 0.15) is 0 Å². The summed E-state index contributed by atoms with van der Waals surface area (Å²) in [7, 11) is -3.36. The number of sulfonamides is 1. The van der Waals surface area contributed by atoms with Gasteiger partial charge in [-0.05, 0) is 24.6 Å². The number of aryl methyl sites for hydroxylation is 1. The second-order valence-electron chi connectivity index (χ2n) is 4.38. The van der Waals surface area contributed by atoms with Crippen molar-refractivity contribution in [3.63, 3.8) is 0 Å². The smallest absolute Gasteiger partial charge is 0.232 e. The summed E-state index contributed by atoms with van der Waals surface area (Å²) in [5, 5.41) is 2.67. The zero-order valence-corrected chi connectivity index (χ0v) is 12.3. The zero-order valence-electron chi connectivity index (χ0n) is 11.5. The Bertz CT molecular complexity index is 541. The molecule has 1 aromatic rings. The summed E-state index contributed by atoms with van der Waals surface area (Å²) in [5.41, 5.74) is 1.61. The number of benzene rings is 1. The van der Waals surface area contributed by atoms with Crippen molar-refractivity contribution in [2.24, 2.45) is 0 Å². The number of anilines is 1. The van der Waals surface area contributed by atoms with E-state index in [9.17, 15) is 13.2 Å². The summed E-state index contributed by atoms with van der Waals surface area (Å²) in [6.07, 6.45) is 1.56. The van der Waals surface area contributed by atoms with Gasteiger partial charge in [0.15, 0.2) is 0 Å². The van der Waals surface area contributed by atoms with E-state index in [-0.39, 0.29) is 12.5 Å². The lowest BCUT2D eigenvalue weighted by Crippen LogP contribution is -2.38. The predicted molar refractivity (Wildman–Crippen MR) is 76.7 cm³/mol. The van der Waals surface area contributed by atoms with Crippen molar-refractivity contribution in [1.82, 2.24) is 5.32 Å². The SMILES string of the molecule is CCC(=O)NCCN(c1cccc(C)c1)S(C)(=O)=O. The summed E-state index contributed by atoms with van der Waals surface area (Å²) < 4.78 is 24.9. The maximum absolute atomic E-state index is 11.8. The molecule has 6 heteroatoms. The molecule has 0 aromatic heterocycles. The van der Waals surface area contributed by atoms with Crippen molar-refractivity contribution in [1.29, 1.82) is 0 Å². The topological polar surface area (TPSA) is 66.5 Å². The molecule has 0 aliphatic heterocycles. The van der Waals surface area contributed by atoms with Gasteiger partial charge in [0.25, 0.3) is 0 Å². The third kappa shape index (κ3) is 4.90. The average Bonchev–Trinajstić information content (AvgIpc) is 2.32. The fourth-order valence-electron chi connectivity index (χ4n) is 1.69. The van der Waals surface area contributed by atoms with Gasteiger partial charge in [0, 0.05) is 13.0 Å². The molecule has 0 unspecified atom stereocenters. The van der Waals surface area contributed by atoms with Crippen molar-refractivity contribution in [3.05, 3.63) is 29.8 Å². The van der Waals surface area contributed by atoms with Crippen LogP contribution in [-0.4, -0.2) is 33.7 Å². The first kappa shape index (κ1) is 15.5. The maximum Gasteiger partial charge on any atom is 0.232 e. The van der Waals surface area contributed by atoms with E-state index in [1.54, 1.807) is 13.0 Å². The van der Waals surface area contributed by atoms with Crippen LogP contribution in [0.2, 0.25) is 0 Å². The van der Waals surface area contributed by atoms with Gasteiger partial charge < -0.3 is 5.32 Å². The largest absolute Gasteiger partial charge is 0.354 e. The van der Waals surface area contributed by atoms with Gasteiger partial charge in [0.2, 0.25) is 15.9 Å². The Hall–Kier alpha value is -1.56.